The van der Waals surface area contributed by atoms with Crippen molar-refractivity contribution in [1.82, 2.24) is 20.1 Å². The first kappa shape index (κ1) is 25.4. The number of nitrogens with one attached hydrogen (secondary N) is 2. The molecule has 10 heteroatoms. The lowest BCUT2D eigenvalue weighted by atomic mass is 9.84. The van der Waals surface area contributed by atoms with Gasteiger partial charge in [-0.25, -0.2) is 9.97 Å². The molecule has 4 heterocycles. The van der Waals surface area contributed by atoms with Gasteiger partial charge in [0.1, 0.15) is 33.5 Å². The first-order valence-corrected chi connectivity index (χ1v) is 12.3. The van der Waals surface area contributed by atoms with E-state index in [4.69, 9.17) is 9.97 Å². The van der Waals surface area contributed by atoms with E-state index in [9.17, 15) is 20.8 Å². The second-order valence-corrected chi connectivity index (χ2v) is 12.2. The van der Waals surface area contributed by atoms with Crippen LogP contribution in [0.2, 0.25) is 0 Å². The average molecular weight is 495 g/mol. The predicted octanol–water partition coefficient (Wildman–Crippen LogP) is 1.98. The van der Waals surface area contributed by atoms with Crippen molar-refractivity contribution in [1.29, 1.82) is 0 Å². The summed E-state index contributed by atoms with van der Waals surface area (Å²) in [6.45, 7) is 14.3. The molecule has 0 aliphatic carbocycles. The third-order valence-corrected chi connectivity index (χ3v) is 9.48. The van der Waals surface area contributed by atoms with Crippen molar-refractivity contribution in [2.24, 2.45) is 0 Å². The van der Waals surface area contributed by atoms with E-state index in [-0.39, 0.29) is 10.1 Å². The van der Waals surface area contributed by atoms with Gasteiger partial charge in [-0.2, -0.15) is 0 Å². The Morgan fingerprint density at radius 2 is 0.944 bits per heavy atom. The van der Waals surface area contributed by atoms with Crippen LogP contribution in [0.25, 0.3) is 21.8 Å². The largest absolute Gasteiger partial charge is 0.632 e. The SMILES string of the molecule is CC1(C)N([O])C(c2ccc3ccc4ccc(C5N([O])C(C)(C)C(C)(C)[NH+]5[O-])nc4c3n2)[NH+]([O-])C1(C)C. The normalized spacial score (nSPS) is 31.4. The Kier molecular flexibility index (Phi) is 5.37. The lowest BCUT2D eigenvalue weighted by Crippen LogP contribution is -3.14. The molecule has 2 saturated heterocycles. The molecule has 3 aromatic rings. The van der Waals surface area contributed by atoms with Gasteiger partial charge in [-0.1, -0.05) is 34.4 Å². The molecule has 2 aliphatic rings. The zero-order valence-electron chi connectivity index (χ0n) is 22.0. The quantitative estimate of drug-likeness (QED) is 0.414. The summed E-state index contributed by atoms with van der Waals surface area (Å²) in [5.41, 5.74) is -1.70. The highest BCUT2D eigenvalue weighted by Gasteiger charge is 2.62. The topological polar surface area (TPSA) is 127 Å². The Bertz CT molecular complexity index is 1210. The first-order valence-electron chi connectivity index (χ1n) is 12.3. The maximum absolute atomic E-state index is 13.3. The number of pyridine rings is 2. The van der Waals surface area contributed by atoms with Crippen LogP contribution in [0.5, 0.6) is 0 Å². The molecule has 192 valence electrons. The van der Waals surface area contributed by atoms with E-state index in [2.05, 4.69) is 0 Å². The summed E-state index contributed by atoms with van der Waals surface area (Å²) in [5, 5.41) is 56.0. The monoisotopic (exact) mass is 494 g/mol. The number of rotatable bonds is 2. The fourth-order valence-electron chi connectivity index (χ4n) is 5.31. The summed E-state index contributed by atoms with van der Waals surface area (Å²) in [5.74, 6) is 0. The van der Waals surface area contributed by atoms with Crippen molar-refractivity contribution in [3.8, 4) is 0 Å². The number of hydrogen-bond donors (Lipinski definition) is 2. The third-order valence-electron chi connectivity index (χ3n) is 9.48. The van der Waals surface area contributed by atoms with Crippen LogP contribution in [0, 0.1) is 10.4 Å². The minimum absolute atomic E-state index is 0.175. The molecular formula is C26H34N6O4. The number of hydrogen-bond acceptors (Lipinski definition) is 6. The maximum atomic E-state index is 13.3. The molecule has 0 saturated carbocycles. The van der Waals surface area contributed by atoms with Gasteiger partial charge in [-0.3, -0.25) is 0 Å². The number of fused-ring (bicyclic) bond motifs is 3. The Morgan fingerprint density at radius 1 is 0.639 bits per heavy atom. The molecule has 5 rings (SSSR count). The van der Waals surface area contributed by atoms with E-state index in [1.54, 1.807) is 67.5 Å². The van der Waals surface area contributed by atoms with Crippen LogP contribution in [0.3, 0.4) is 0 Å². The van der Waals surface area contributed by atoms with Gasteiger partial charge < -0.3 is 20.5 Å². The second-order valence-electron chi connectivity index (χ2n) is 12.2. The number of quaternary nitrogens is 2. The first-order chi connectivity index (χ1) is 16.5. The molecule has 36 heavy (non-hydrogen) atoms. The van der Waals surface area contributed by atoms with Crippen LogP contribution >= 0.6 is 0 Å². The lowest BCUT2D eigenvalue weighted by molar-refractivity contribution is -0.926. The molecule has 4 atom stereocenters. The van der Waals surface area contributed by atoms with E-state index in [0.29, 0.717) is 22.4 Å². The number of nitrogens with zero attached hydrogens (tertiary/aromatic N) is 4. The standard InChI is InChI=1S/C26H34N6O4/c1-23(2)24(3,4)30(34)21(29(23)33)17-13-11-15-9-10-16-12-14-18(28-20(16)19(15)27-17)22-31(35)25(5,6)26(7,8)32(22)36/h9-14,21-22,29,31H,1-8H3. The van der Waals surface area contributed by atoms with Crippen molar-refractivity contribution >= 4 is 21.8 Å². The fraction of sp³-hybridized carbons (Fsp3) is 0.538. The van der Waals surface area contributed by atoms with Gasteiger partial charge in [0.25, 0.3) is 0 Å². The summed E-state index contributed by atoms with van der Waals surface area (Å²) in [6.07, 6.45) is -2.04. The maximum Gasteiger partial charge on any atom is 0.213 e. The molecule has 10 nitrogen and oxygen atoms in total. The summed E-state index contributed by atoms with van der Waals surface area (Å²) in [6, 6.07) is 10.9. The van der Waals surface area contributed by atoms with E-state index in [1.165, 1.54) is 0 Å². The van der Waals surface area contributed by atoms with Crippen LogP contribution in [0.4, 0.5) is 0 Å². The smallest absolute Gasteiger partial charge is 0.213 e. The third kappa shape index (κ3) is 3.07. The van der Waals surface area contributed by atoms with Crippen LogP contribution in [0.15, 0.2) is 36.4 Å². The van der Waals surface area contributed by atoms with E-state index in [0.717, 1.165) is 20.9 Å². The van der Waals surface area contributed by atoms with Crippen LogP contribution < -0.4 is 10.1 Å². The van der Waals surface area contributed by atoms with Gasteiger partial charge in [0.15, 0.2) is 0 Å². The van der Waals surface area contributed by atoms with Gasteiger partial charge >= 0.3 is 0 Å². The Hall–Kier alpha value is -2.28. The van der Waals surface area contributed by atoms with Gasteiger partial charge in [0.2, 0.25) is 12.3 Å². The number of aromatic nitrogens is 2. The zero-order valence-corrected chi connectivity index (χ0v) is 22.0. The fourth-order valence-corrected chi connectivity index (χ4v) is 5.31. The Labute approximate surface area is 210 Å². The molecule has 2 aliphatic heterocycles. The highest BCUT2D eigenvalue weighted by molar-refractivity contribution is 6.02. The summed E-state index contributed by atoms with van der Waals surface area (Å²) >= 11 is 0. The van der Waals surface area contributed by atoms with Crippen LogP contribution in [-0.2, 0) is 10.4 Å². The average Bonchev–Trinajstić information content (AvgIpc) is 3.02. The Balaban J connectivity index is 1.66. The summed E-state index contributed by atoms with van der Waals surface area (Å²) in [7, 11) is 0. The predicted molar refractivity (Wildman–Crippen MR) is 133 cm³/mol. The van der Waals surface area contributed by atoms with E-state index >= 15 is 0 Å². The highest BCUT2D eigenvalue weighted by atomic mass is 16.6. The van der Waals surface area contributed by atoms with Crippen molar-refractivity contribution in [2.75, 3.05) is 0 Å². The van der Waals surface area contributed by atoms with Gasteiger partial charge in [-0.05, 0) is 67.5 Å². The molecule has 2 N–H and O–H groups in total. The van der Waals surface area contributed by atoms with Crippen LogP contribution in [0.1, 0.15) is 79.1 Å². The molecule has 4 unspecified atom stereocenters. The molecule has 1 aromatic carbocycles. The lowest BCUT2D eigenvalue weighted by Gasteiger charge is -2.38. The minimum atomic E-state index is -1.02. The van der Waals surface area contributed by atoms with Crippen molar-refractivity contribution < 1.29 is 20.5 Å². The Morgan fingerprint density at radius 3 is 1.22 bits per heavy atom. The highest BCUT2D eigenvalue weighted by Crippen LogP contribution is 2.39. The zero-order chi connectivity index (χ0) is 26.6. The van der Waals surface area contributed by atoms with E-state index in [1.807, 2.05) is 24.3 Å². The van der Waals surface area contributed by atoms with Crippen molar-refractivity contribution in [3.63, 3.8) is 0 Å². The molecule has 2 aromatic heterocycles. The van der Waals surface area contributed by atoms with Gasteiger partial charge in [0.05, 0.1) is 11.0 Å². The molecule has 0 spiro atoms. The number of hydroxylamine groups is 8. The molecule has 2 radical (unpaired) electrons. The number of benzene rings is 1. The molecule has 2 fully saturated rings. The second kappa shape index (κ2) is 7.62. The van der Waals surface area contributed by atoms with Crippen molar-refractivity contribution in [3.05, 3.63) is 58.2 Å². The summed E-state index contributed by atoms with van der Waals surface area (Å²) < 4.78 is 0. The van der Waals surface area contributed by atoms with Crippen LogP contribution in [-0.4, -0.2) is 42.3 Å². The van der Waals surface area contributed by atoms with Gasteiger partial charge in [-0.15, -0.1) is 10.4 Å². The summed E-state index contributed by atoms with van der Waals surface area (Å²) in [4.78, 5) is 9.56. The molecule has 0 bridgehead atoms. The van der Waals surface area contributed by atoms with Gasteiger partial charge in [0, 0.05) is 10.8 Å². The van der Waals surface area contributed by atoms with Crippen molar-refractivity contribution in [2.45, 2.75) is 89.9 Å². The van der Waals surface area contributed by atoms with E-state index < -0.39 is 34.5 Å². The molecule has 0 amide bonds. The molecular weight excluding hydrogens is 460 g/mol. The minimum Gasteiger partial charge on any atom is -0.632 e.